The van der Waals surface area contributed by atoms with Gasteiger partial charge in [-0.05, 0) is 68.9 Å². The maximum Gasteiger partial charge on any atom is 0.354 e. The fourth-order valence-electron chi connectivity index (χ4n) is 3.27. The van der Waals surface area contributed by atoms with Crippen LogP contribution in [0.2, 0.25) is 0 Å². The van der Waals surface area contributed by atoms with Crippen molar-refractivity contribution >= 4 is 29.0 Å². The number of carboxylic acid groups (broad SMARTS) is 1. The van der Waals surface area contributed by atoms with Gasteiger partial charge in [0.1, 0.15) is 11.5 Å². The molecule has 0 aliphatic rings. The quantitative estimate of drug-likeness (QED) is 0.567. The van der Waals surface area contributed by atoms with Crippen molar-refractivity contribution in [3.8, 4) is 11.1 Å². The van der Waals surface area contributed by atoms with Crippen molar-refractivity contribution in [2.24, 2.45) is 5.73 Å². The molecule has 0 saturated carbocycles. The number of aromatic nitrogens is 2. The molecule has 0 saturated heterocycles. The number of carboxylic acids is 1. The summed E-state index contributed by atoms with van der Waals surface area (Å²) >= 11 is 1.58. The number of hydrogen-bond acceptors (Lipinski definition) is 5. The van der Waals surface area contributed by atoms with Crippen LogP contribution in [0.25, 0.3) is 22.2 Å². The second-order valence-electron chi connectivity index (χ2n) is 6.73. The highest BCUT2D eigenvalue weighted by molar-refractivity contribution is 7.97. The highest BCUT2D eigenvalue weighted by Crippen LogP contribution is 2.36. The van der Waals surface area contributed by atoms with Gasteiger partial charge in [0.25, 0.3) is 0 Å². The molecule has 3 N–H and O–H groups in total. The first-order valence-corrected chi connectivity index (χ1v) is 9.82. The van der Waals surface area contributed by atoms with Crippen LogP contribution < -0.4 is 5.73 Å². The SMILES string of the molecule is Cc1c(-c2cccc(SN(C)C)c2)c2nc(C(=O)O)ccc2n1C/C(F)=C/CN. The summed E-state index contributed by atoms with van der Waals surface area (Å²) in [5.74, 6) is -1.45. The molecule has 29 heavy (non-hydrogen) atoms. The maximum atomic E-state index is 14.3. The Morgan fingerprint density at radius 2 is 2.10 bits per heavy atom. The Kier molecular flexibility index (Phi) is 6.36. The zero-order chi connectivity index (χ0) is 21.1. The van der Waals surface area contributed by atoms with Gasteiger partial charge in [-0.25, -0.2) is 14.2 Å². The molecule has 8 heteroatoms. The van der Waals surface area contributed by atoms with Crippen LogP contribution in [0.3, 0.4) is 0 Å². The minimum Gasteiger partial charge on any atom is -0.477 e. The van der Waals surface area contributed by atoms with Gasteiger partial charge < -0.3 is 15.4 Å². The van der Waals surface area contributed by atoms with E-state index in [1.807, 2.05) is 49.6 Å². The summed E-state index contributed by atoms with van der Waals surface area (Å²) in [6.45, 7) is 2.01. The number of rotatable bonds is 7. The Balaban J connectivity index is 2.24. The number of nitrogens with zero attached hydrogens (tertiary/aromatic N) is 3. The summed E-state index contributed by atoms with van der Waals surface area (Å²) in [7, 11) is 3.92. The Hall–Kier alpha value is -2.68. The van der Waals surface area contributed by atoms with Crippen molar-refractivity contribution in [3.63, 3.8) is 0 Å². The van der Waals surface area contributed by atoms with E-state index in [0.717, 1.165) is 21.7 Å². The number of carbonyl (C=O) groups is 1. The number of aromatic carboxylic acids is 1. The van der Waals surface area contributed by atoms with Gasteiger partial charge in [-0.1, -0.05) is 12.1 Å². The number of allylic oxidation sites excluding steroid dienone is 1. The molecule has 1 aromatic carbocycles. The van der Waals surface area contributed by atoms with E-state index in [9.17, 15) is 14.3 Å². The predicted molar refractivity (Wildman–Crippen MR) is 115 cm³/mol. The van der Waals surface area contributed by atoms with Gasteiger partial charge in [0, 0.05) is 22.7 Å². The number of nitrogens with two attached hydrogens (primary N) is 1. The lowest BCUT2D eigenvalue weighted by Crippen LogP contribution is -2.04. The summed E-state index contributed by atoms with van der Waals surface area (Å²) < 4.78 is 18.1. The first-order chi connectivity index (χ1) is 13.8. The summed E-state index contributed by atoms with van der Waals surface area (Å²) in [6, 6.07) is 11.0. The first kappa shape index (κ1) is 21.0. The Morgan fingerprint density at radius 3 is 2.76 bits per heavy atom. The Morgan fingerprint density at radius 1 is 1.34 bits per heavy atom. The molecule has 0 radical (unpaired) electrons. The average molecular weight is 415 g/mol. The Labute approximate surface area is 173 Å². The fraction of sp³-hybridized carbons (Fsp3) is 0.238. The van der Waals surface area contributed by atoms with Gasteiger partial charge in [-0.3, -0.25) is 4.31 Å². The third kappa shape index (κ3) is 4.50. The Bertz CT molecular complexity index is 1090. The van der Waals surface area contributed by atoms with Crippen LogP contribution in [0.4, 0.5) is 4.39 Å². The summed E-state index contributed by atoms with van der Waals surface area (Å²) in [6.07, 6.45) is 1.33. The molecule has 152 valence electrons. The van der Waals surface area contributed by atoms with E-state index < -0.39 is 5.97 Å². The molecule has 6 nitrogen and oxygen atoms in total. The van der Waals surface area contributed by atoms with E-state index in [4.69, 9.17) is 5.73 Å². The second kappa shape index (κ2) is 8.77. The van der Waals surface area contributed by atoms with E-state index in [-0.39, 0.29) is 24.6 Å². The van der Waals surface area contributed by atoms with Crippen LogP contribution in [0.1, 0.15) is 16.2 Å². The molecule has 3 aromatic rings. The highest BCUT2D eigenvalue weighted by Gasteiger charge is 2.20. The first-order valence-electron chi connectivity index (χ1n) is 9.05. The average Bonchev–Trinajstić information content (AvgIpc) is 2.92. The third-order valence-electron chi connectivity index (χ3n) is 4.45. The summed E-state index contributed by atoms with van der Waals surface area (Å²) in [5.41, 5.74) is 9.10. The van der Waals surface area contributed by atoms with Crippen molar-refractivity contribution in [1.82, 2.24) is 13.9 Å². The lowest BCUT2D eigenvalue weighted by Gasteiger charge is -2.10. The van der Waals surface area contributed by atoms with Crippen LogP contribution in [-0.4, -0.2) is 45.6 Å². The molecule has 2 heterocycles. The lowest BCUT2D eigenvalue weighted by molar-refractivity contribution is 0.0691. The van der Waals surface area contributed by atoms with E-state index >= 15 is 0 Å². The number of halogens is 1. The molecule has 0 aliphatic heterocycles. The molecule has 0 amide bonds. The molecule has 0 spiro atoms. The summed E-state index contributed by atoms with van der Waals surface area (Å²) in [4.78, 5) is 16.9. The molecule has 2 aromatic heterocycles. The number of fused-ring (bicyclic) bond motifs is 1. The zero-order valence-electron chi connectivity index (χ0n) is 16.5. The van der Waals surface area contributed by atoms with Crippen LogP contribution in [0, 0.1) is 6.92 Å². The molecular formula is C21H23FN4O2S. The number of benzene rings is 1. The fourth-order valence-corrected chi connectivity index (χ4v) is 4.01. The van der Waals surface area contributed by atoms with Gasteiger partial charge >= 0.3 is 5.97 Å². The normalized spacial score (nSPS) is 12.1. The lowest BCUT2D eigenvalue weighted by atomic mass is 10.0. The molecule has 0 bridgehead atoms. The molecular weight excluding hydrogens is 391 g/mol. The third-order valence-corrected chi connectivity index (χ3v) is 5.28. The number of pyridine rings is 1. The molecule has 3 rings (SSSR count). The van der Waals surface area contributed by atoms with Crippen LogP contribution in [-0.2, 0) is 6.54 Å². The van der Waals surface area contributed by atoms with Crippen molar-refractivity contribution < 1.29 is 14.3 Å². The van der Waals surface area contributed by atoms with Gasteiger partial charge in [-0.2, -0.15) is 0 Å². The maximum absolute atomic E-state index is 14.3. The van der Waals surface area contributed by atoms with E-state index in [2.05, 4.69) is 4.98 Å². The zero-order valence-corrected chi connectivity index (χ0v) is 17.3. The second-order valence-corrected chi connectivity index (χ2v) is 8.12. The van der Waals surface area contributed by atoms with Crippen LogP contribution in [0.15, 0.2) is 53.2 Å². The topological polar surface area (TPSA) is 84.4 Å². The minimum atomic E-state index is -1.10. The largest absolute Gasteiger partial charge is 0.477 e. The smallest absolute Gasteiger partial charge is 0.354 e. The van der Waals surface area contributed by atoms with Gasteiger partial charge in [-0.15, -0.1) is 0 Å². The standard InChI is InChI=1S/C21H23FN4O2S/c1-13-19(14-5-4-6-16(11-14)29-25(2)3)20-18(8-7-17(24-20)21(27)28)26(13)12-15(22)9-10-23/h4-9,11H,10,12,23H2,1-3H3,(H,27,28)/b15-9-. The van der Waals surface area contributed by atoms with Crippen molar-refractivity contribution in [2.75, 3.05) is 20.6 Å². The minimum absolute atomic E-state index is 0.0137. The monoisotopic (exact) mass is 414 g/mol. The van der Waals surface area contributed by atoms with Crippen molar-refractivity contribution in [3.05, 3.63) is 59.7 Å². The van der Waals surface area contributed by atoms with Gasteiger partial charge in [0.15, 0.2) is 0 Å². The van der Waals surface area contributed by atoms with Crippen LogP contribution in [0.5, 0.6) is 0 Å². The van der Waals surface area contributed by atoms with Crippen molar-refractivity contribution in [1.29, 1.82) is 0 Å². The van der Waals surface area contributed by atoms with E-state index in [0.29, 0.717) is 11.0 Å². The highest BCUT2D eigenvalue weighted by atomic mass is 32.2. The summed E-state index contributed by atoms with van der Waals surface area (Å²) in [5, 5.41) is 9.38. The van der Waals surface area contributed by atoms with E-state index in [1.54, 1.807) is 22.6 Å². The molecule has 0 unspecified atom stereocenters. The molecule has 0 atom stereocenters. The van der Waals surface area contributed by atoms with Crippen molar-refractivity contribution in [2.45, 2.75) is 18.4 Å². The molecule has 0 aliphatic carbocycles. The predicted octanol–water partition coefficient (Wildman–Crippen LogP) is 4.09. The molecule has 0 fully saturated rings. The number of hydrogen-bond donors (Lipinski definition) is 2. The van der Waals surface area contributed by atoms with Crippen LogP contribution >= 0.6 is 11.9 Å². The van der Waals surface area contributed by atoms with Gasteiger partial charge in [0.05, 0.1) is 17.6 Å². The van der Waals surface area contributed by atoms with Gasteiger partial charge in [0.2, 0.25) is 0 Å². The van der Waals surface area contributed by atoms with E-state index in [1.165, 1.54) is 12.1 Å².